The quantitative estimate of drug-likeness (QED) is 0.643. The van der Waals surface area contributed by atoms with Gasteiger partial charge in [-0.15, -0.1) is 0 Å². The smallest absolute Gasteiger partial charge is 0.140 e. The summed E-state index contributed by atoms with van der Waals surface area (Å²) in [6.07, 6.45) is 0. The summed E-state index contributed by atoms with van der Waals surface area (Å²) in [5.41, 5.74) is 4.06. The first kappa shape index (κ1) is 12.3. The summed E-state index contributed by atoms with van der Waals surface area (Å²) < 4.78 is 18.6. The van der Waals surface area contributed by atoms with Crippen molar-refractivity contribution in [2.75, 3.05) is 5.43 Å². The van der Waals surface area contributed by atoms with Crippen LogP contribution in [-0.2, 0) is 6.61 Å². The van der Waals surface area contributed by atoms with Gasteiger partial charge in [-0.1, -0.05) is 12.1 Å². The lowest BCUT2D eigenvalue weighted by molar-refractivity contribution is 0.298. The minimum Gasteiger partial charge on any atom is -0.487 e. The maximum atomic E-state index is 13.1. The van der Waals surface area contributed by atoms with E-state index in [1.54, 1.807) is 12.1 Å². The molecule has 3 N–H and O–H groups in total. The second-order valence-electron chi connectivity index (χ2n) is 3.86. The number of hydrogen-bond acceptors (Lipinski definition) is 4. The number of anilines is 1. The highest BCUT2D eigenvalue weighted by Crippen LogP contribution is 2.19. The topological polar surface area (TPSA) is 60.2 Å². The Morgan fingerprint density at radius 1 is 1.33 bits per heavy atom. The molecule has 5 heteroatoms. The molecule has 0 bridgehead atoms. The van der Waals surface area contributed by atoms with Gasteiger partial charge in [-0.05, 0) is 30.7 Å². The van der Waals surface area contributed by atoms with E-state index in [9.17, 15) is 4.39 Å². The Hall–Kier alpha value is -2.14. The number of aromatic nitrogens is 1. The fourth-order valence-corrected chi connectivity index (χ4v) is 1.52. The van der Waals surface area contributed by atoms with Crippen LogP contribution in [0.1, 0.15) is 11.3 Å². The summed E-state index contributed by atoms with van der Waals surface area (Å²) in [7, 11) is 0. The van der Waals surface area contributed by atoms with Crippen LogP contribution in [0.25, 0.3) is 0 Å². The van der Waals surface area contributed by atoms with Crippen LogP contribution >= 0.6 is 0 Å². The minimum atomic E-state index is -0.319. The number of rotatable bonds is 4. The normalized spacial score (nSPS) is 10.2. The van der Waals surface area contributed by atoms with Crippen LogP contribution in [0.4, 0.5) is 10.2 Å². The molecule has 0 amide bonds. The number of aryl methyl sites for hydroxylation is 1. The van der Waals surface area contributed by atoms with Crippen molar-refractivity contribution in [2.24, 2.45) is 5.84 Å². The first-order valence-electron chi connectivity index (χ1n) is 5.50. The molecule has 0 aliphatic carbocycles. The van der Waals surface area contributed by atoms with Gasteiger partial charge in [0.15, 0.2) is 0 Å². The lowest BCUT2D eigenvalue weighted by Gasteiger charge is -2.09. The van der Waals surface area contributed by atoms with E-state index in [0.717, 1.165) is 5.56 Å². The van der Waals surface area contributed by atoms with Crippen molar-refractivity contribution in [3.63, 3.8) is 0 Å². The van der Waals surface area contributed by atoms with Crippen molar-refractivity contribution < 1.29 is 9.13 Å². The zero-order valence-electron chi connectivity index (χ0n) is 9.98. The summed E-state index contributed by atoms with van der Waals surface area (Å²) in [6, 6.07) is 9.82. The number of nitrogens with one attached hydrogen (secondary N) is 1. The van der Waals surface area contributed by atoms with Crippen LogP contribution in [0.15, 0.2) is 36.4 Å². The molecule has 2 rings (SSSR count). The summed E-state index contributed by atoms with van der Waals surface area (Å²) >= 11 is 0. The molecular formula is C13H14FN3O. The van der Waals surface area contributed by atoms with Crippen LogP contribution in [0.5, 0.6) is 5.75 Å². The zero-order valence-corrected chi connectivity index (χ0v) is 9.98. The molecule has 1 aromatic carbocycles. The molecule has 0 spiro atoms. The molecule has 4 nitrogen and oxygen atoms in total. The first-order chi connectivity index (χ1) is 8.69. The number of pyridine rings is 1. The molecule has 94 valence electrons. The van der Waals surface area contributed by atoms with Gasteiger partial charge in [0, 0.05) is 6.07 Å². The van der Waals surface area contributed by atoms with Gasteiger partial charge < -0.3 is 10.2 Å². The summed E-state index contributed by atoms with van der Waals surface area (Å²) in [5, 5.41) is 0. The highest BCUT2D eigenvalue weighted by atomic mass is 19.1. The molecule has 0 atom stereocenters. The third-order valence-electron chi connectivity index (χ3n) is 2.48. The van der Waals surface area contributed by atoms with Crippen LogP contribution in [0.2, 0.25) is 0 Å². The van der Waals surface area contributed by atoms with Crippen molar-refractivity contribution in [1.82, 2.24) is 4.98 Å². The molecule has 0 aliphatic rings. The number of nitrogen functional groups attached to an aromatic ring is 1. The van der Waals surface area contributed by atoms with Crippen molar-refractivity contribution in [2.45, 2.75) is 13.5 Å². The Bertz CT molecular complexity index is 546. The number of ether oxygens (including phenoxy) is 1. The van der Waals surface area contributed by atoms with Gasteiger partial charge in [-0.3, -0.25) is 0 Å². The van der Waals surface area contributed by atoms with E-state index < -0.39 is 0 Å². The van der Waals surface area contributed by atoms with Gasteiger partial charge in [-0.2, -0.15) is 0 Å². The second kappa shape index (κ2) is 5.46. The fourth-order valence-electron chi connectivity index (χ4n) is 1.52. The predicted molar refractivity (Wildman–Crippen MR) is 67.5 cm³/mol. The van der Waals surface area contributed by atoms with Crippen LogP contribution in [-0.4, -0.2) is 4.98 Å². The van der Waals surface area contributed by atoms with Gasteiger partial charge in [0.25, 0.3) is 0 Å². The number of benzene rings is 1. The number of hydrogen-bond donors (Lipinski definition) is 2. The van der Waals surface area contributed by atoms with Crippen molar-refractivity contribution >= 4 is 5.82 Å². The van der Waals surface area contributed by atoms with Gasteiger partial charge in [0.2, 0.25) is 0 Å². The third kappa shape index (κ3) is 2.95. The maximum Gasteiger partial charge on any atom is 0.140 e. The Kier molecular flexibility index (Phi) is 3.74. The fraction of sp³-hybridized carbons (Fsp3) is 0.154. The summed E-state index contributed by atoms with van der Waals surface area (Å²) in [5.74, 6) is 6.03. The number of nitrogens with zero attached hydrogens (tertiary/aromatic N) is 1. The Morgan fingerprint density at radius 3 is 2.94 bits per heavy atom. The largest absolute Gasteiger partial charge is 0.487 e. The van der Waals surface area contributed by atoms with Gasteiger partial charge in [0.05, 0.1) is 5.69 Å². The second-order valence-corrected chi connectivity index (χ2v) is 3.86. The highest BCUT2D eigenvalue weighted by molar-refractivity contribution is 5.34. The molecule has 2 aromatic rings. The van der Waals surface area contributed by atoms with E-state index in [0.29, 0.717) is 17.3 Å². The minimum absolute atomic E-state index is 0.264. The number of halogens is 1. The molecule has 0 saturated carbocycles. The number of nitrogens with two attached hydrogens (primary N) is 1. The van der Waals surface area contributed by atoms with Crippen molar-refractivity contribution in [1.29, 1.82) is 0 Å². The Labute approximate surface area is 105 Å². The number of hydrazine groups is 1. The average Bonchev–Trinajstić information content (AvgIpc) is 2.40. The van der Waals surface area contributed by atoms with E-state index in [1.807, 2.05) is 19.1 Å². The molecule has 1 aromatic heterocycles. The standard InChI is InChI=1S/C13H14FN3O/c1-9-5-6-10(14)7-12(9)18-8-11-3-2-4-13(16-11)17-15/h2-7H,8,15H2,1H3,(H,16,17). The average molecular weight is 247 g/mol. The summed E-state index contributed by atoms with van der Waals surface area (Å²) in [4.78, 5) is 4.20. The highest BCUT2D eigenvalue weighted by Gasteiger charge is 2.03. The SMILES string of the molecule is Cc1ccc(F)cc1OCc1cccc(NN)n1. The molecule has 0 aliphatic heterocycles. The van der Waals surface area contributed by atoms with Crippen LogP contribution in [0, 0.1) is 12.7 Å². The Balaban J connectivity index is 2.08. The molecule has 0 fully saturated rings. The van der Waals surface area contributed by atoms with Crippen LogP contribution in [0.3, 0.4) is 0 Å². The van der Waals surface area contributed by atoms with Crippen LogP contribution < -0.4 is 16.0 Å². The molecular weight excluding hydrogens is 233 g/mol. The van der Waals surface area contributed by atoms with E-state index in [1.165, 1.54) is 12.1 Å². The monoisotopic (exact) mass is 247 g/mol. The third-order valence-corrected chi connectivity index (χ3v) is 2.48. The van der Waals surface area contributed by atoms with Gasteiger partial charge in [-0.25, -0.2) is 15.2 Å². The van der Waals surface area contributed by atoms with E-state index >= 15 is 0 Å². The molecule has 1 heterocycles. The lowest BCUT2D eigenvalue weighted by Crippen LogP contribution is -2.10. The van der Waals surface area contributed by atoms with Gasteiger partial charge >= 0.3 is 0 Å². The zero-order chi connectivity index (χ0) is 13.0. The van der Waals surface area contributed by atoms with Crippen molar-refractivity contribution in [3.8, 4) is 5.75 Å². The van der Waals surface area contributed by atoms with Crippen molar-refractivity contribution in [3.05, 3.63) is 53.5 Å². The molecule has 0 radical (unpaired) electrons. The molecule has 18 heavy (non-hydrogen) atoms. The molecule has 0 saturated heterocycles. The first-order valence-corrected chi connectivity index (χ1v) is 5.50. The predicted octanol–water partition coefficient (Wildman–Crippen LogP) is 2.39. The maximum absolute atomic E-state index is 13.1. The van der Waals surface area contributed by atoms with E-state index in [4.69, 9.17) is 10.6 Å². The summed E-state index contributed by atoms with van der Waals surface area (Å²) in [6.45, 7) is 2.12. The Morgan fingerprint density at radius 2 is 2.17 bits per heavy atom. The van der Waals surface area contributed by atoms with E-state index in [2.05, 4.69) is 10.4 Å². The molecule has 0 unspecified atom stereocenters. The van der Waals surface area contributed by atoms with E-state index in [-0.39, 0.29) is 12.4 Å². The van der Waals surface area contributed by atoms with Gasteiger partial charge in [0.1, 0.15) is 24.0 Å². The lowest BCUT2D eigenvalue weighted by atomic mass is 10.2.